The van der Waals surface area contributed by atoms with Crippen molar-refractivity contribution in [3.63, 3.8) is 0 Å². The summed E-state index contributed by atoms with van der Waals surface area (Å²) in [7, 11) is 0. The molecule has 30 heavy (non-hydrogen) atoms. The number of rotatable bonds is 9. The highest BCUT2D eigenvalue weighted by Gasteiger charge is 2.50. The van der Waals surface area contributed by atoms with Crippen molar-refractivity contribution >= 4 is 22.8 Å². The van der Waals surface area contributed by atoms with Crippen molar-refractivity contribution < 1.29 is 33.7 Å². The number of hydrogen-bond donors (Lipinski definition) is 0. The smallest absolute Gasteiger partial charge is 0.303 e. The number of fused-ring (bicyclic) bond motifs is 1. The van der Waals surface area contributed by atoms with Crippen LogP contribution in [0.5, 0.6) is 0 Å². The lowest BCUT2D eigenvalue weighted by atomic mass is 9.99. The molecule has 0 aliphatic carbocycles. The SMILES string of the molecule is CCCCC(OC(C)=O)c1ccccc1C(=O)SC1CO[C@H]2[C@@H]1OC[C@H]2O[N+](=O)[O-]. The van der Waals surface area contributed by atoms with E-state index in [1.807, 2.05) is 13.0 Å². The maximum Gasteiger partial charge on any atom is 0.303 e. The summed E-state index contributed by atoms with van der Waals surface area (Å²) in [6.45, 7) is 3.68. The highest BCUT2D eigenvalue weighted by atomic mass is 32.2. The minimum absolute atomic E-state index is 0.0453. The quantitative estimate of drug-likeness (QED) is 0.325. The molecule has 2 unspecified atom stereocenters. The summed E-state index contributed by atoms with van der Waals surface area (Å²) >= 11 is 1.08. The van der Waals surface area contributed by atoms with Crippen LogP contribution in [0.1, 0.15) is 55.1 Å². The number of ether oxygens (including phenoxy) is 3. The van der Waals surface area contributed by atoms with Crippen LogP contribution in [0.3, 0.4) is 0 Å². The Labute approximate surface area is 178 Å². The molecule has 9 nitrogen and oxygen atoms in total. The van der Waals surface area contributed by atoms with Gasteiger partial charge in [0.05, 0.1) is 18.5 Å². The van der Waals surface area contributed by atoms with E-state index in [2.05, 4.69) is 4.84 Å². The number of nitrogens with zero attached hydrogens (tertiary/aromatic N) is 1. The molecule has 2 saturated heterocycles. The Morgan fingerprint density at radius 3 is 2.70 bits per heavy atom. The van der Waals surface area contributed by atoms with Crippen molar-refractivity contribution in [2.45, 2.75) is 62.8 Å². The molecule has 0 bridgehead atoms. The molecule has 5 atom stereocenters. The van der Waals surface area contributed by atoms with Gasteiger partial charge in [-0.25, -0.2) is 0 Å². The topological polar surface area (TPSA) is 114 Å². The van der Waals surface area contributed by atoms with Crippen molar-refractivity contribution in [3.8, 4) is 0 Å². The lowest BCUT2D eigenvalue weighted by Gasteiger charge is -2.21. The Morgan fingerprint density at radius 2 is 2.00 bits per heavy atom. The number of benzene rings is 1. The van der Waals surface area contributed by atoms with Gasteiger partial charge in [-0.1, -0.05) is 49.4 Å². The minimum Gasteiger partial charge on any atom is -0.458 e. The Kier molecular flexibility index (Phi) is 7.68. The summed E-state index contributed by atoms with van der Waals surface area (Å²) in [6.07, 6.45) is 0.118. The molecular formula is C20H25NO8S. The highest BCUT2D eigenvalue weighted by molar-refractivity contribution is 8.14. The zero-order valence-electron chi connectivity index (χ0n) is 16.9. The van der Waals surface area contributed by atoms with Gasteiger partial charge in [0.1, 0.15) is 18.3 Å². The summed E-state index contributed by atoms with van der Waals surface area (Å²) in [6, 6.07) is 7.10. The van der Waals surface area contributed by atoms with Crippen molar-refractivity contribution in [2.24, 2.45) is 0 Å². The van der Waals surface area contributed by atoms with Crippen molar-refractivity contribution in [2.75, 3.05) is 13.2 Å². The fourth-order valence-electron chi connectivity index (χ4n) is 3.76. The van der Waals surface area contributed by atoms with E-state index in [1.54, 1.807) is 18.2 Å². The van der Waals surface area contributed by atoms with Crippen LogP contribution in [0, 0.1) is 10.1 Å². The third-order valence-corrected chi connectivity index (χ3v) is 6.24. The first-order valence-corrected chi connectivity index (χ1v) is 10.8. The molecule has 0 saturated carbocycles. The fraction of sp³-hybridized carbons (Fsp3) is 0.600. The Bertz CT molecular complexity index is 788. The molecular weight excluding hydrogens is 414 g/mol. The van der Waals surface area contributed by atoms with Crippen LogP contribution in [-0.4, -0.2) is 52.9 Å². The molecule has 0 aromatic heterocycles. The fourth-order valence-corrected chi connectivity index (χ4v) is 4.87. The Balaban J connectivity index is 1.72. The maximum absolute atomic E-state index is 13.1. The lowest BCUT2D eigenvalue weighted by molar-refractivity contribution is -0.769. The van der Waals surface area contributed by atoms with Crippen LogP contribution in [0.2, 0.25) is 0 Å². The monoisotopic (exact) mass is 439 g/mol. The number of unbranched alkanes of at least 4 members (excludes halogenated alkanes) is 1. The summed E-state index contributed by atoms with van der Waals surface area (Å²) in [5.41, 5.74) is 1.15. The molecule has 10 heteroatoms. The largest absolute Gasteiger partial charge is 0.458 e. The second kappa shape index (κ2) is 10.2. The molecule has 0 spiro atoms. The predicted molar refractivity (Wildman–Crippen MR) is 108 cm³/mol. The molecule has 164 valence electrons. The molecule has 1 aromatic carbocycles. The van der Waals surface area contributed by atoms with Gasteiger partial charge in [-0.3, -0.25) is 9.59 Å². The second-order valence-corrected chi connectivity index (χ2v) is 8.45. The summed E-state index contributed by atoms with van der Waals surface area (Å²) in [5.74, 6) is -0.394. The molecule has 2 heterocycles. The molecule has 0 radical (unpaired) electrons. The van der Waals surface area contributed by atoms with E-state index in [9.17, 15) is 19.7 Å². The minimum atomic E-state index is -0.854. The van der Waals surface area contributed by atoms with Gasteiger partial charge in [0.2, 0.25) is 5.12 Å². The average molecular weight is 439 g/mol. The zero-order valence-corrected chi connectivity index (χ0v) is 17.7. The second-order valence-electron chi connectivity index (χ2n) is 7.23. The number of carbonyl (C=O) groups excluding carboxylic acids is 2. The maximum atomic E-state index is 13.1. The predicted octanol–water partition coefficient (Wildman–Crippen LogP) is 3.10. The number of thioether (sulfide) groups is 1. The van der Waals surface area contributed by atoms with Crippen LogP contribution in [0.25, 0.3) is 0 Å². The van der Waals surface area contributed by atoms with E-state index >= 15 is 0 Å². The lowest BCUT2D eigenvalue weighted by Crippen LogP contribution is -2.33. The van der Waals surface area contributed by atoms with Gasteiger partial charge < -0.3 is 19.0 Å². The van der Waals surface area contributed by atoms with E-state index in [1.165, 1.54) is 6.92 Å². The normalized spacial score (nSPS) is 26.1. The van der Waals surface area contributed by atoms with Gasteiger partial charge in [0, 0.05) is 18.1 Å². The zero-order chi connectivity index (χ0) is 21.7. The van der Waals surface area contributed by atoms with Crippen molar-refractivity contribution in [3.05, 3.63) is 45.5 Å². The summed E-state index contributed by atoms with van der Waals surface area (Å²) < 4.78 is 16.7. The molecule has 2 fully saturated rings. The number of carbonyl (C=O) groups is 2. The van der Waals surface area contributed by atoms with Crippen LogP contribution >= 0.6 is 11.8 Å². The first kappa shape index (κ1) is 22.5. The van der Waals surface area contributed by atoms with Crippen molar-refractivity contribution in [1.29, 1.82) is 0 Å². The summed E-state index contributed by atoms with van der Waals surface area (Å²) in [5, 5.41) is 9.27. The van der Waals surface area contributed by atoms with Crippen LogP contribution < -0.4 is 0 Å². The molecule has 0 N–H and O–H groups in total. The first-order chi connectivity index (χ1) is 14.4. The average Bonchev–Trinajstić information content (AvgIpc) is 3.28. The van der Waals surface area contributed by atoms with Crippen LogP contribution in [-0.2, 0) is 23.8 Å². The van der Waals surface area contributed by atoms with Gasteiger partial charge in [0.25, 0.3) is 5.09 Å². The molecule has 2 aliphatic rings. The van der Waals surface area contributed by atoms with Gasteiger partial charge >= 0.3 is 5.97 Å². The van der Waals surface area contributed by atoms with Gasteiger partial charge in [-0.05, 0) is 12.8 Å². The molecule has 3 rings (SSSR count). The van der Waals surface area contributed by atoms with Crippen molar-refractivity contribution in [1.82, 2.24) is 0 Å². The van der Waals surface area contributed by atoms with E-state index in [-0.39, 0.29) is 23.6 Å². The summed E-state index contributed by atoms with van der Waals surface area (Å²) in [4.78, 5) is 39.9. The highest BCUT2D eigenvalue weighted by Crippen LogP contribution is 2.37. The van der Waals surface area contributed by atoms with Gasteiger partial charge in [0.15, 0.2) is 6.10 Å². The van der Waals surface area contributed by atoms with Crippen LogP contribution in [0.4, 0.5) is 0 Å². The van der Waals surface area contributed by atoms with E-state index in [4.69, 9.17) is 14.2 Å². The standard InChI is InChI=1S/C20H25NO8S/c1-3-4-9-15(28-12(2)22)13-7-5-6-8-14(13)20(23)30-17-11-27-18-16(29-21(24)25)10-26-19(17)18/h5-8,15-19H,3-4,9-11H2,1-2H3/t15?,16-,17?,18-,19-/m1/s1. The number of hydrogen-bond acceptors (Lipinski definition) is 9. The third-order valence-electron chi connectivity index (χ3n) is 5.10. The molecule has 1 aromatic rings. The Morgan fingerprint density at radius 1 is 1.27 bits per heavy atom. The first-order valence-electron chi connectivity index (χ1n) is 9.92. The molecule has 2 aliphatic heterocycles. The van der Waals surface area contributed by atoms with E-state index < -0.39 is 35.5 Å². The number of esters is 1. The van der Waals surface area contributed by atoms with Gasteiger partial charge in [-0.15, -0.1) is 10.1 Å². The van der Waals surface area contributed by atoms with Gasteiger partial charge in [-0.2, -0.15) is 0 Å². The van der Waals surface area contributed by atoms with E-state index in [0.29, 0.717) is 17.5 Å². The third kappa shape index (κ3) is 5.30. The molecule has 0 amide bonds. The van der Waals surface area contributed by atoms with E-state index in [0.717, 1.165) is 24.6 Å². The Hall–Kier alpha value is -2.17. The van der Waals surface area contributed by atoms with Crippen LogP contribution in [0.15, 0.2) is 24.3 Å².